The Labute approximate surface area is 95.6 Å². The first-order valence-corrected chi connectivity index (χ1v) is 6.40. The van der Waals surface area contributed by atoms with Gasteiger partial charge in [0.2, 0.25) is 0 Å². The van der Waals surface area contributed by atoms with Gasteiger partial charge in [-0.25, -0.2) is 0 Å². The first-order chi connectivity index (χ1) is 7.12. The van der Waals surface area contributed by atoms with Crippen molar-refractivity contribution in [1.82, 2.24) is 0 Å². The topological polar surface area (TPSA) is 27.7 Å². The Morgan fingerprint density at radius 1 is 1.47 bits per heavy atom. The predicted octanol–water partition coefficient (Wildman–Crippen LogP) is 0.0850. The van der Waals surface area contributed by atoms with E-state index in [2.05, 4.69) is 14.8 Å². The highest BCUT2D eigenvalue weighted by Crippen LogP contribution is 2.76. The maximum absolute atomic E-state index is 6.16. The fraction of sp³-hybridized carbons (Fsp3) is 1.00. The standard InChI is InChI=1S/C10H17BO3S/c1-5-9(4-12-2)7-6(8(11)14-9)15-10(5,7)13-3/h5-8H,4,11H2,1-3H3/t5?,6?,7?,8-,9+,10?/m1/s1. The zero-order valence-corrected chi connectivity index (χ0v) is 10.5. The van der Waals surface area contributed by atoms with Crippen LogP contribution in [0.2, 0.25) is 0 Å². The summed E-state index contributed by atoms with van der Waals surface area (Å²) in [6.45, 7) is 2.92. The van der Waals surface area contributed by atoms with E-state index in [1.807, 2.05) is 18.9 Å². The molecule has 2 aliphatic heterocycles. The summed E-state index contributed by atoms with van der Waals surface area (Å²) in [5.41, 5.74) is -0.0694. The van der Waals surface area contributed by atoms with Crippen LogP contribution in [0.25, 0.3) is 0 Å². The fourth-order valence-electron chi connectivity index (χ4n) is 3.80. The van der Waals surface area contributed by atoms with Crippen molar-refractivity contribution in [3.8, 4) is 0 Å². The van der Waals surface area contributed by atoms with Crippen LogP contribution in [0.3, 0.4) is 0 Å². The molecule has 0 aromatic carbocycles. The first kappa shape index (κ1) is 10.4. The molecule has 5 heteroatoms. The molecule has 0 amide bonds. The van der Waals surface area contributed by atoms with E-state index in [0.717, 1.165) is 0 Å². The molecular weight excluding hydrogens is 211 g/mol. The number of hydrogen-bond donors (Lipinski definition) is 0. The summed E-state index contributed by atoms with van der Waals surface area (Å²) in [6, 6.07) is 0.336. The van der Waals surface area contributed by atoms with E-state index in [0.29, 0.717) is 29.7 Å². The van der Waals surface area contributed by atoms with Crippen molar-refractivity contribution in [3.63, 3.8) is 0 Å². The molecule has 3 rings (SSSR count). The van der Waals surface area contributed by atoms with E-state index >= 15 is 0 Å². The molecule has 1 aliphatic carbocycles. The van der Waals surface area contributed by atoms with Gasteiger partial charge in [-0.3, -0.25) is 0 Å². The van der Waals surface area contributed by atoms with Crippen molar-refractivity contribution in [3.05, 3.63) is 0 Å². The molecule has 3 nitrogen and oxygen atoms in total. The van der Waals surface area contributed by atoms with Gasteiger partial charge < -0.3 is 14.2 Å². The van der Waals surface area contributed by atoms with Crippen LogP contribution in [-0.4, -0.2) is 50.5 Å². The Morgan fingerprint density at radius 3 is 2.80 bits per heavy atom. The molecular formula is C10H17BO3S. The lowest BCUT2D eigenvalue weighted by atomic mass is 9.57. The SMILES string of the molecule is B[C@@H]1O[C@@]2(COC)C(C)C3(OC)SC1C32. The molecule has 0 aromatic rings. The van der Waals surface area contributed by atoms with Gasteiger partial charge in [-0.2, -0.15) is 0 Å². The average Bonchev–Trinajstić information content (AvgIpc) is 2.30. The molecule has 0 aromatic heterocycles. The van der Waals surface area contributed by atoms with E-state index in [9.17, 15) is 0 Å². The van der Waals surface area contributed by atoms with E-state index < -0.39 is 0 Å². The van der Waals surface area contributed by atoms with Crippen molar-refractivity contribution in [2.75, 3.05) is 20.8 Å². The highest BCUT2D eigenvalue weighted by atomic mass is 32.2. The summed E-state index contributed by atoms with van der Waals surface area (Å²) in [4.78, 5) is 0.0218. The lowest BCUT2D eigenvalue weighted by molar-refractivity contribution is -0.257. The second-order valence-electron chi connectivity index (χ2n) is 4.92. The Kier molecular flexibility index (Phi) is 2.05. The maximum Gasteiger partial charge on any atom is 0.140 e. The van der Waals surface area contributed by atoms with Gasteiger partial charge in [-0.15, -0.1) is 11.8 Å². The van der Waals surface area contributed by atoms with Gasteiger partial charge in [0.15, 0.2) is 0 Å². The van der Waals surface area contributed by atoms with Gasteiger partial charge in [0.1, 0.15) is 18.4 Å². The molecule has 0 bridgehead atoms. The van der Waals surface area contributed by atoms with E-state index in [1.54, 1.807) is 7.11 Å². The maximum atomic E-state index is 6.16. The first-order valence-electron chi connectivity index (χ1n) is 5.52. The van der Waals surface area contributed by atoms with Crippen molar-refractivity contribution in [2.24, 2.45) is 11.8 Å². The highest BCUT2D eigenvalue weighted by molar-refractivity contribution is 8.02. The van der Waals surface area contributed by atoms with Crippen LogP contribution < -0.4 is 0 Å². The van der Waals surface area contributed by atoms with Crippen LogP contribution in [-0.2, 0) is 14.2 Å². The van der Waals surface area contributed by atoms with Crippen LogP contribution in [0, 0.1) is 11.8 Å². The van der Waals surface area contributed by atoms with Gasteiger partial charge in [0.05, 0.1) is 6.61 Å². The minimum atomic E-state index is -0.0694. The van der Waals surface area contributed by atoms with E-state index in [-0.39, 0.29) is 10.5 Å². The third kappa shape index (κ3) is 0.889. The summed E-state index contributed by atoms with van der Waals surface area (Å²) >= 11 is 1.95. The van der Waals surface area contributed by atoms with Gasteiger partial charge >= 0.3 is 0 Å². The zero-order valence-electron chi connectivity index (χ0n) is 9.65. The number of ether oxygens (including phenoxy) is 3. The zero-order chi connectivity index (χ0) is 10.8. The molecule has 2 saturated heterocycles. The van der Waals surface area contributed by atoms with Crippen LogP contribution in [0.15, 0.2) is 0 Å². The number of hydrogen-bond acceptors (Lipinski definition) is 4. The molecule has 1 saturated carbocycles. The van der Waals surface area contributed by atoms with Crippen molar-refractivity contribution < 1.29 is 14.2 Å². The molecule has 3 fully saturated rings. The summed E-state index contributed by atoms with van der Waals surface area (Å²) in [7, 11) is 5.74. The second-order valence-corrected chi connectivity index (χ2v) is 6.34. The lowest BCUT2D eigenvalue weighted by Crippen LogP contribution is -2.79. The third-order valence-electron chi connectivity index (χ3n) is 4.50. The van der Waals surface area contributed by atoms with Gasteiger partial charge in [0, 0.05) is 37.3 Å². The molecule has 4 unspecified atom stereocenters. The fourth-order valence-corrected chi connectivity index (χ4v) is 5.80. The minimum Gasteiger partial charge on any atom is -0.382 e. The Bertz CT molecular complexity index is 302. The molecule has 2 heterocycles. The monoisotopic (exact) mass is 228 g/mol. The lowest BCUT2D eigenvalue weighted by Gasteiger charge is -2.69. The van der Waals surface area contributed by atoms with Gasteiger partial charge in [-0.05, 0) is 0 Å². The second kappa shape index (κ2) is 2.94. The van der Waals surface area contributed by atoms with Crippen molar-refractivity contribution in [1.29, 1.82) is 0 Å². The summed E-state index contributed by atoms with van der Waals surface area (Å²) in [6.07, 6.45) is 0. The molecule has 0 spiro atoms. The normalized spacial score (nSPS) is 60.7. The number of methoxy groups -OCH3 is 2. The highest BCUT2D eigenvalue weighted by Gasteiger charge is 2.84. The molecule has 3 aliphatic rings. The molecule has 84 valence electrons. The molecule has 6 atom stereocenters. The van der Waals surface area contributed by atoms with Gasteiger partial charge in [-0.1, -0.05) is 6.92 Å². The van der Waals surface area contributed by atoms with Crippen LogP contribution in [0.1, 0.15) is 6.92 Å². The largest absolute Gasteiger partial charge is 0.382 e. The average molecular weight is 228 g/mol. The quantitative estimate of drug-likeness (QED) is 0.639. The van der Waals surface area contributed by atoms with E-state index in [4.69, 9.17) is 14.2 Å². The Balaban J connectivity index is 1.92. The molecule has 0 N–H and O–H groups in total. The number of thioether (sulfide) groups is 1. The van der Waals surface area contributed by atoms with Crippen LogP contribution >= 0.6 is 11.8 Å². The smallest absolute Gasteiger partial charge is 0.140 e. The van der Waals surface area contributed by atoms with Crippen LogP contribution in [0.4, 0.5) is 0 Å². The summed E-state index contributed by atoms with van der Waals surface area (Å²) in [5.74, 6) is 0.955. The third-order valence-corrected chi connectivity index (χ3v) is 6.57. The van der Waals surface area contributed by atoms with Crippen molar-refractivity contribution >= 4 is 19.6 Å². The van der Waals surface area contributed by atoms with E-state index in [1.165, 1.54) is 0 Å². The Morgan fingerprint density at radius 2 is 2.20 bits per heavy atom. The Hall–Kier alpha value is 0.295. The number of rotatable bonds is 3. The summed E-state index contributed by atoms with van der Waals surface area (Å²) < 4.78 is 17.2. The van der Waals surface area contributed by atoms with Crippen molar-refractivity contribution in [2.45, 2.75) is 28.7 Å². The molecule has 15 heavy (non-hydrogen) atoms. The summed E-state index contributed by atoms with van der Waals surface area (Å²) in [5, 5.41) is 0.608. The predicted molar refractivity (Wildman–Crippen MR) is 61.8 cm³/mol. The molecule has 0 radical (unpaired) electrons. The minimum absolute atomic E-state index is 0.0218. The van der Waals surface area contributed by atoms with Gasteiger partial charge in [0.25, 0.3) is 0 Å². The van der Waals surface area contributed by atoms with Crippen LogP contribution in [0.5, 0.6) is 0 Å².